The maximum absolute atomic E-state index is 14.0. The molecule has 1 aliphatic rings. The van der Waals surface area contributed by atoms with Crippen molar-refractivity contribution in [3.63, 3.8) is 0 Å². The molecule has 1 amide bonds. The van der Waals surface area contributed by atoms with Gasteiger partial charge in [-0.15, -0.1) is 0 Å². The van der Waals surface area contributed by atoms with Crippen LogP contribution in [0.25, 0.3) is 0 Å². The highest BCUT2D eigenvalue weighted by Gasteiger charge is 2.41. The number of anilines is 1. The van der Waals surface area contributed by atoms with Gasteiger partial charge < -0.3 is 15.5 Å². The summed E-state index contributed by atoms with van der Waals surface area (Å²) in [6.45, 7) is 4.82. The molecule has 4 nitrogen and oxygen atoms in total. The summed E-state index contributed by atoms with van der Waals surface area (Å²) in [5.41, 5.74) is 5.65. The van der Waals surface area contributed by atoms with Gasteiger partial charge in [0.1, 0.15) is 16.3 Å². The third-order valence-electron chi connectivity index (χ3n) is 3.73. The second-order valence-electron chi connectivity index (χ2n) is 5.44. The van der Waals surface area contributed by atoms with Crippen LogP contribution < -0.4 is 10.6 Å². The van der Waals surface area contributed by atoms with E-state index in [2.05, 4.69) is 0 Å². The van der Waals surface area contributed by atoms with E-state index in [4.69, 9.17) is 18.0 Å². The third kappa shape index (κ3) is 2.24. The topological polar surface area (TPSA) is 49.6 Å². The van der Waals surface area contributed by atoms with E-state index in [-0.39, 0.29) is 16.5 Å². The summed E-state index contributed by atoms with van der Waals surface area (Å²) in [4.78, 5) is 15.9. The summed E-state index contributed by atoms with van der Waals surface area (Å²) in [5, 5.41) is 0. The first kappa shape index (κ1) is 14.7. The first-order valence-corrected chi connectivity index (χ1v) is 6.79. The van der Waals surface area contributed by atoms with Crippen LogP contribution in [-0.4, -0.2) is 41.5 Å². The van der Waals surface area contributed by atoms with Crippen LogP contribution in [0.2, 0.25) is 0 Å². The van der Waals surface area contributed by atoms with Crippen LogP contribution in [0.4, 0.5) is 10.1 Å². The SMILES string of the molecule is CN1CCN(c2cccc(F)c2C(N)=S)C(C)(C)C1=O. The van der Waals surface area contributed by atoms with Gasteiger partial charge in [0.15, 0.2) is 0 Å². The van der Waals surface area contributed by atoms with Crippen molar-refractivity contribution >= 4 is 28.8 Å². The number of piperazine rings is 1. The summed E-state index contributed by atoms with van der Waals surface area (Å²) in [7, 11) is 1.77. The molecule has 0 spiro atoms. The number of benzene rings is 1. The summed E-state index contributed by atoms with van der Waals surface area (Å²) < 4.78 is 14.0. The standard InChI is InChI=1S/C14H18FN3OS/c1-14(2)13(19)17(3)7-8-18(14)10-6-4-5-9(15)11(10)12(16)20/h4-6H,7-8H2,1-3H3,(H2,16,20). The Balaban J connectivity index is 2.54. The van der Waals surface area contributed by atoms with Crippen molar-refractivity contribution in [2.45, 2.75) is 19.4 Å². The summed E-state index contributed by atoms with van der Waals surface area (Å²) in [6, 6.07) is 4.67. The average Bonchev–Trinajstić information content (AvgIpc) is 2.35. The minimum absolute atomic E-state index is 0.000257. The van der Waals surface area contributed by atoms with Gasteiger partial charge in [-0.2, -0.15) is 0 Å². The van der Waals surface area contributed by atoms with Gasteiger partial charge in [0.2, 0.25) is 5.91 Å². The van der Waals surface area contributed by atoms with Gasteiger partial charge in [0, 0.05) is 20.1 Å². The van der Waals surface area contributed by atoms with E-state index in [1.54, 1.807) is 24.1 Å². The van der Waals surface area contributed by atoms with E-state index < -0.39 is 11.4 Å². The van der Waals surface area contributed by atoms with Gasteiger partial charge >= 0.3 is 0 Å². The van der Waals surface area contributed by atoms with Gasteiger partial charge in [-0.1, -0.05) is 18.3 Å². The molecule has 0 aliphatic carbocycles. The number of likely N-dealkylation sites (N-methyl/N-ethyl adjacent to an activating group) is 1. The van der Waals surface area contributed by atoms with E-state index in [0.717, 1.165) is 0 Å². The predicted octanol–water partition coefficient (Wildman–Crippen LogP) is 1.52. The Morgan fingerprint density at radius 3 is 2.65 bits per heavy atom. The normalized spacial score (nSPS) is 18.3. The van der Waals surface area contributed by atoms with Gasteiger partial charge in [-0.05, 0) is 26.0 Å². The molecular weight excluding hydrogens is 277 g/mol. The van der Waals surface area contributed by atoms with Gasteiger partial charge in [0.25, 0.3) is 0 Å². The third-order valence-corrected chi connectivity index (χ3v) is 3.94. The zero-order valence-electron chi connectivity index (χ0n) is 11.8. The molecule has 0 atom stereocenters. The van der Waals surface area contributed by atoms with Crippen molar-refractivity contribution in [3.05, 3.63) is 29.6 Å². The van der Waals surface area contributed by atoms with Crippen molar-refractivity contribution < 1.29 is 9.18 Å². The van der Waals surface area contributed by atoms with Crippen LogP contribution in [-0.2, 0) is 4.79 Å². The molecule has 0 aromatic heterocycles. The first-order chi connectivity index (χ1) is 9.26. The molecule has 1 aliphatic heterocycles. The van der Waals surface area contributed by atoms with Crippen LogP contribution >= 0.6 is 12.2 Å². The number of carbonyl (C=O) groups is 1. The Hall–Kier alpha value is -1.69. The molecule has 1 aromatic rings. The Kier molecular flexibility index (Phi) is 3.69. The fourth-order valence-electron chi connectivity index (χ4n) is 2.62. The number of hydrogen-bond acceptors (Lipinski definition) is 3. The molecule has 0 radical (unpaired) electrons. The molecule has 2 rings (SSSR count). The molecule has 1 aromatic carbocycles. The van der Waals surface area contributed by atoms with Crippen LogP contribution in [0, 0.1) is 5.82 Å². The van der Waals surface area contributed by atoms with Crippen LogP contribution in [0.3, 0.4) is 0 Å². The van der Waals surface area contributed by atoms with Crippen molar-refractivity contribution in [3.8, 4) is 0 Å². The van der Waals surface area contributed by atoms with Crippen LogP contribution in [0.1, 0.15) is 19.4 Å². The number of nitrogens with two attached hydrogens (primary N) is 1. The first-order valence-electron chi connectivity index (χ1n) is 6.38. The van der Waals surface area contributed by atoms with Crippen molar-refractivity contribution in [1.29, 1.82) is 0 Å². The minimum atomic E-state index is -0.764. The molecule has 1 heterocycles. The highest BCUT2D eigenvalue weighted by Crippen LogP contribution is 2.32. The highest BCUT2D eigenvalue weighted by atomic mass is 32.1. The Labute approximate surface area is 123 Å². The fraction of sp³-hybridized carbons (Fsp3) is 0.429. The molecule has 2 N–H and O–H groups in total. The number of thiocarbonyl (C=S) groups is 1. The Morgan fingerprint density at radius 1 is 1.40 bits per heavy atom. The van der Waals surface area contributed by atoms with Crippen LogP contribution in [0.15, 0.2) is 18.2 Å². The maximum Gasteiger partial charge on any atom is 0.247 e. The molecule has 108 valence electrons. The number of nitrogens with zero attached hydrogens (tertiary/aromatic N) is 2. The number of hydrogen-bond donors (Lipinski definition) is 1. The van der Waals surface area contributed by atoms with Crippen molar-refractivity contribution in [2.75, 3.05) is 25.0 Å². The average molecular weight is 295 g/mol. The Bertz CT molecular complexity index is 574. The zero-order valence-corrected chi connectivity index (χ0v) is 12.6. The fourth-order valence-corrected chi connectivity index (χ4v) is 2.82. The van der Waals surface area contributed by atoms with E-state index >= 15 is 0 Å². The highest BCUT2D eigenvalue weighted by molar-refractivity contribution is 7.80. The van der Waals surface area contributed by atoms with Gasteiger partial charge in [-0.25, -0.2) is 4.39 Å². The maximum atomic E-state index is 14.0. The molecule has 1 saturated heterocycles. The van der Waals surface area contributed by atoms with Gasteiger partial charge in [-0.3, -0.25) is 4.79 Å². The molecule has 6 heteroatoms. The van der Waals surface area contributed by atoms with Crippen LogP contribution in [0.5, 0.6) is 0 Å². The molecule has 0 saturated carbocycles. The van der Waals surface area contributed by atoms with E-state index in [1.165, 1.54) is 6.07 Å². The molecular formula is C14H18FN3OS. The molecule has 20 heavy (non-hydrogen) atoms. The van der Waals surface area contributed by atoms with E-state index in [9.17, 15) is 9.18 Å². The van der Waals surface area contributed by atoms with E-state index in [1.807, 2.05) is 18.7 Å². The summed E-state index contributed by atoms with van der Waals surface area (Å²) in [5.74, 6) is -0.473. The second-order valence-corrected chi connectivity index (χ2v) is 5.88. The van der Waals surface area contributed by atoms with Gasteiger partial charge in [0.05, 0.1) is 11.3 Å². The van der Waals surface area contributed by atoms with Crippen molar-refractivity contribution in [2.24, 2.45) is 5.73 Å². The summed E-state index contributed by atoms with van der Waals surface area (Å²) in [6.07, 6.45) is 0. The lowest BCUT2D eigenvalue weighted by atomic mass is 9.95. The zero-order chi connectivity index (χ0) is 15.1. The number of carbonyl (C=O) groups excluding carboxylic acids is 1. The number of rotatable bonds is 2. The molecule has 1 fully saturated rings. The largest absolute Gasteiger partial charge is 0.389 e. The summed E-state index contributed by atoms with van der Waals surface area (Å²) >= 11 is 4.95. The predicted molar refractivity (Wildman–Crippen MR) is 81.3 cm³/mol. The minimum Gasteiger partial charge on any atom is -0.389 e. The monoisotopic (exact) mass is 295 g/mol. The lowest BCUT2D eigenvalue weighted by molar-refractivity contribution is -0.136. The number of amides is 1. The molecule has 0 unspecified atom stereocenters. The lowest BCUT2D eigenvalue weighted by Crippen LogP contribution is -2.62. The Morgan fingerprint density at radius 2 is 2.05 bits per heavy atom. The number of halogens is 1. The smallest absolute Gasteiger partial charge is 0.247 e. The second kappa shape index (κ2) is 5.01. The quantitative estimate of drug-likeness (QED) is 0.841. The van der Waals surface area contributed by atoms with Crippen molar-refractivity contribution in [1.82, 2.24) is 4.90 Å². The lowest BCUT2D eigenvalue weighted by Gasteiger charge is -2.46. The molecule has 0 bridgehead atoms. The van der Waals surface area contributed by atoms with E-state index in [0.29, 0.717) is 18.8 Å².